The van der Waals surface area contributed by atoms with Crippen LogP contribution in [0.5, 0.6) is 5.88 Å². The predicted molar refractivity (Wildman–Crippen MR) is 72.0 cm³/mol. The van der Waals surface area contributed by atoms with E-state index in [9.17, 15) is 0 Å². The van der Waals surface area contributed by atoms with Gasteiger partial charge in [-0.1, -0.05) is 25.1 Å². The zero-order valence-corrected chi connectivity index (χ0v) is 10.9. The van der Waals surface area contributed by atoms with Crippen molar-refractivity contribution in [3.05, 3.63) is 41.6 Å². The number of ether oxygens (including phenoxy) is 1. The minimum Gasteiger partial charge on any atom is -0.477 e. The fourth-order valence-corrected chi connectivity index (χ4v) is 1.86. The average Bonchev–Trinajstić information content (AvgIpc) is 2.73. The van der Waals surface area contributed by atoms with Gasteiger partial charge < -0.3 is 10.5 Å². The van der Waals surface area contributed by atoms with Gasteiger partial charge in [0.1, 0.15) is 0 Å². The molecule has 0 radical (unpaired) electrons. The Morgan fingerprint density at radius 3 is 2.61 bits per heavy atom. The van der Waals surface area contributed by atoms with Crippen LogP contribution in [0.2, 0.25) is 0 Å². The maximum absolute atomic E-state index is 5.80. The van der Waals surface area contributed by atoms with Crippen LogP contribution in [0.3, 0.4) is 0 Å². The topological polar surface area (TPSA) is 53.1 Å². The highest BCUT2D eigenvalue weighted by atomic mass is 16.5. The number of nitrogens with zero attached hydrogens (tertiary/aromatic N) is 2. The zero-order valence-electron chi connectivity index (χ0n) is 10.9. The van der Waals surface area contributed by atoms with Crippen LogP contribution in [-0.2, 0) is 6.54 Å². The number of rotatable bonds is 5. The van der Waals surface area contributed by atoms with E-state index in [-0.39, 0.29) is 0 Å². The third-order valence-electron chi connectivity index (χ3n) is 2.79. The Morgan fingerprint density at radius 1 is 1.28 bits per heavy atom. The first-order valence-corrected chi connectivity index (χ1v) is 6.24. The summed E-state index contributed by atoms with van der Waals surface area (Å²) >= 11 is 0. The molecule has 0 spiro atoms. The van der Waals surface area contributed by atoms with Gasteiger partial charge in [0.25, 0.3) is 0 Å². The van der Waals surface area contributed by atoms with Crippen molar-refractivity contribution in [3.63, 3.8) is 0 Å². The van der Waals surface area contributed by atoms with Crippen molar-refractivity contribution in [2.75, 3.05) is 6.61 Å². The van der Waals surface area contributed by atoms with E-state index in [1.165, 1.54) is 0 Å². The summed E-state index contributed by atoms with van der Waals surface area (Å²) < 4.78 is 7.63. The minimum absolute atomic E-state index is 0.442. The van der Waals surface area contributed by atoms with E-state index in [1.54, 1.807) is 0 Å². The van der Waals surface area contributed by atoms with E-state index < -0.39 is 0 Å². The molecule has 0 fully saturated rings. The van der Waals surface area contributed by atoms with Crippen LogP contribution in [0.1, 0.15) is 24.6 Å². The van der Waals surface area contributed by atoms with Gasteiger partial charge in [-0.3, -0.25) is 0 Å². The van der Waals surface area contributed by atoms with Crippen molar-refractivity contribution in [3.8, 4) is 11.6 Å². The van der Waals surface area contributed by atoms with E-state index >= 15 is 0 Å². The smallest absolute Gasteiger partial charge is 0.221 e. The fourth-order valence-electron chi connectivity index (χ4n) is 1.86. The van der Waals surface area contributed by atoms with Crippen molar-refractivity contribution < 1.29 is 4.74 Å². The summed E-state index contributed by atoms with van der Waals surface area (Å²) in [4.78, 5) is 0. The first kappa shape index (κ1) is 12.6. The monoisotopic (exact) mass is 245 g/mol. The van der Waals surface area contributed by atoms with Crippen molar-refractivity contribution in [2.24, 2.45) is 5.73 Å². The van der Waals surface area contributed by atoms with Crippen molar-refractivity contribution >= 4 is 0 Å². The zero-order chi connectivity index (χ0) is 13.0. The number of aryl methyl sites for hydroxylation is 1. The molecule has 0 bridgehead atoms. The molecule has 1 heterocycles. The molecule has 0 atom stereocenters. The summed E-state index contributed by atoms with van der Waals surface area (Å²) in [6, 6.07) is 9.96. The minimum atomic E-state index is 0.442. The van der Waals surface area contributed by atoms with Crippen LogP contribution in [0.4, 0.5) is 0 Å². The molecule has 2 N–H and O–H groups in total. The third-order valence-corrected chi connectivity index (χ3v) is 2.79. The molecule has 4 nitrogen and oxygen atoms in total. The number of aromatic nitrogens is 2. The van der Waals surface area contributed by atoms with Crippen LogP contribution < -0.4 is 10.5 Å². The lowest BCUT2D eigenvalue weighted by molar-refractivity contribution is 0.293. The molecule has 1 aromatic heterocycles. The normalized spacial score (nSPS) is 10.6. The lowest BCUT2D eigenvalue weighted by Crippen LogP contribution is -2.06. The van der Waals surface area contributed by atoms with Crippen molar-refractivity contribution in [2.45, 2.75) is 26.8 Å². The van der Waals surface area contributed by atoms with Crippen LogP contribution in [0, 0.1) is 6.92 Å². The summed E-state index contributed by atoms with van der Waals surface area (Å²) in [7, 11) is 0. The van der Waals surface area contributed by atoms with Gasteiger partial charge in [0.2, 0.25) is 5.88 Å². The summed E-state index contributed by atoms with van der Waals surface area (Å²) in [6.07, 6.45) is 0.961. The van der Waals surface area contributed by atoms with E-state index in [0.717, 1.165) is 29.2 Å². The van der Waals surface area contributed by atoms with Gasteiger partial charge in [0.15, 0.2) is 0 Å². The Hall–Kier alpha value is -1.81. The number of para-hydroxylation sites is 1. The molecule has 0 aliphatic carbocycles. The average molecular weight is 245 g/mol. The second-order valence-electron chi connectivity index (χ2n) is 4.17. The van der Waals surface area contributed by atoms with Gasteiger partial charge in [-0.2, -0.15) is 5.10 Å². The largest absolute Gasteiger partial charge is 0.477 e. The molecule has 2 aromatic rings. The van der Waals surface area contributed by atoms with Crippen LogP contribution >= 0.6 is 0 Å². The van der Waals surface area contributed by atoms with Crippen LogP contribution in [0.25, 0.3) is 5.69 Å². The van der Waals surface area contributed by atoms with E-state index in [0.29, 0.717) is 13.2 Å². The van der Waals surface area contributed by atoms with Gasteiger partial charge in [-0.25, -0.2) is 4.68 Å². The number of hydrogen-bond acceptors (Lipinski definition) is 3. The Bertz CT molecular complexity index is 505. The molecule has 0 amide bonds. The Morgan fingerprint density at radius 2 is 2.00 bits per heavy atom. The Balaban J connectivity index is 2.46. The molecule has 0 aliphatic rings. The highest BCUT2D eigenvalue weighted by Crippen LogP contribution is 2.25. The molecule has 0 unspecified atom stereocenters. The lowest BCUT2D eigenvalue weighted by Gasteiger charge is -2.10. The van der Waals surface area contributed by atoms with Crippen LogP contribution in [0.15, 0.2) is 30.3 Å². The second-order valence-corrected chi connectivity index (χ2v) is 4.17. The quantitative estimate of drug-likeness (QED) is 0.880. The lowest BCUT2D eigenvalue weighted by atomic mass is 10.2. The van der Waals surface area contributed by atoms with Gasteiger partial charge in [0, 0.05) is 6.54 Å². The van der Waals surface area contributed by atoms with Crippen LogP contribution in [-0.4, -0.2) is 16.4 Å². The fraction of sp³-hybridized carbons (Fsp3) is 0.357. The van der Waals surface area contributed by atoms with Gasteiger partial charge in [-0.15, -0.1) is 0 Å². The van der Waals surface area contributed by atoms with E-state index in [1.807, 2.05) is 41.9 Å². The van der Waals surface area contributed by atoms with E-state index in [4.69, 9.17) is 10.5 Å². The predicted octanol–water partition coefficient (Wildman–Crippen LogP) is 2.43. The molecule has 96 valence electrons. The first-order chi connectivity index (χ1) is 8.77. The summed E-state index contributed by atoms with van der Waals surface area (Å²) in [5.41, 5.74) is 8.68. The molecule has 0 aliphatic heterocycles. The molecule has 18 heavy (non-hydrogen) atoms. The molecule has 0 saturated heterocycles. The van der Waals surface area contributed by atoms with Gasteiger partial charge in [0.05, 0.1) is 23.6 Å². The SMILES string of the molecule is CCCOc1c(CN)c(C)nn1-c1ccccc1. The number of benzene rings is 1. The molecular weight excluding hydrogens is 226 g/mol. The summed E-state index contributed by atoms with van der Waals surface area (Å²) in [6.45, 7) is 5.15. The molecule has 2 rings (SSSR count). The number of nitrogens with two attached hydrogens (primary N) is 1. The standard InChI is InChI=1S/C14H19N3O/c1-3-9-18-14-13(10-15)11(2)16-17(14)12-7-5-4-6-8-12/h4-8H,3,9-10,15H2,1-2H3. The Kier molecular flexibility index (Phi) is 3.99. The highest BCUT2D eigenvalue weighted by molar-refractivity contribution is 5.41. The maximum Gasteiger partial charge on any atom is 0.221 e. The highest BCUT2D eigenvalue weighted by Gasteiger charge is 2.16. The molecule has 1 aromatic carbocycles. The molecule has 4 heteroatoms. The number of hydrogen-bond donors (Lipinski definition) is 1. The van der Waals surface area contributed by atoms with Crippen molar-refractivity contribution in [1.82, 2.24) is 9.78 Å². The Labute approximate surface area is 107 Å². The molecule has 0 saturated carbocycles. The summed E-state index contributed by atoms with van der Waals surface area (Å²) in [5, 5.41) is 4.52. The van der Waals surface area contributed by atoms with E-state index in [2.05, 4.69) is 12.0 Å². The first-order valence-electron chi connectivity index (χ1n) is 6.24. The molecular formula is C14H19N3O. The van der Waals surface area contributed by atoms with Gasteiger partial charge in [-0.05, 0) is 25.5 Å². The third kappa shape index (κ3) is 2.38. The van der Waals surface area contributed by atoms with Gasteiger partial charge >= 0.3 is 0 Å². The second kappa shape index (κ2) is 5.69. The van der Waals surface area contributed by atoms with Crippen molar-refractivity contribution in [1.29, 1.82) is 0 Å². The summed E-state index contributed by atoms with van der Waals surface area (Å²) in [5.74, 6) is 0.767. The maximum atomic E-state index is 5.80.